The normalized spacial score (nSPS) is 17.9. The molecular weight excluding hydrogens is 214 g/mol. The van der Waals surface area contributed by atoms with Crippen LogP contribution in [0.15, 0.2) is 27.7 Å². The Balaban J connectivity index is 2.78. The molecule has 1 aliphatic rings. The topological polar surface area (TPSA) is 12.4 Å². The van der Waals surface area contributed by atoms with E-state index in [1.165, 1.54) is 5.22 Å². The van der Waals surface area contributed by atoms with Crippen LogP contribution in [0.1, 0.15) is 13.8 Å². The first-order valence-electron chi connectivity index (χ1n) is 3.95. The third-order valence-corrected chi connectivity index (χ3v) is 2.40. The fraction of sp³-hybridized carbons (Fsp3) is 0.300. The van der Waals surface area contributed by atoms with Gasteiger partial charge in [-0.15, -0.1) is 0 Å². The Morgan fingerprint density at radius 3 is 2.83 bits per heavy atom. The Bertz CT molecular complexity index is 432. The minimum atomic E-state index is -0.0247. The quantitative estimate of drug-likeness (QED) is 0.635. The molecule has 0 bridgehead atoms. The summed E-state index contributed by atoms with van der Waals surface area (Å²) in [7, 11) is 0. The van der Waals surface area contributed by atoms with Crippen molar-refractivity contribution >= 4 is 22.0 Å². The Kier molecular flexibility index (Phi) is 1.62. The van der Waals surface area contributed by atoms with E-state index < -0.39 is 0 Å². The maximum absolute atomic E-state index is 4.55. The summed E-state index contributed by atoms with van der Waals surface area (Å²) in [6.07, 6.45) is 2.19. The zero-order valence-corrected chi connectivity index (χ0v) is 8.72. The lowest BCUT2D eigenvalue weighted by Crippen LogP contribution is -2.20. The molecule has 0 saturated carbocycles. The first-order chi connectivity index (χ1) is 5.57. The average Bonchev–Trinajstić information content (AvgIpc) is 2.21. The monoisotopic (exact) mass is 223 g/mol. The number of nitrogens with zero attached hydrogens (tertiary/aromatic N) is 1. The van der Waals surface area contributed by atoms with Gasteiger partial charge in [-0.3, -0.25) is 4.99 Å². The lowest BCUT2D eigenvalue weighted by molar-refractivity contribution is 0.690. The van der Waals surface area contributed by atoms with Crippen LogP contribution in [0, 0.1) is 0 Å². The minimum Gasteiger partial charge on any atom is -0.275 e. The van der Waals surface area contributed by atoms with Gasteiger partial charge in [0.1, 0.15) is 0 Å². The van der Waals surface area contributed by atoms with Gasteiger partial charge in [0, 0.05) is 4.47 Å². The fourth-order valence-electron chi connectivity index (χ4n) is 1.47. The first-order valence-corrected chi connectivity index (χ1v) is 4.74. The van der Waals surface area contributed by atoms with Gasteiger partial charge in [-0.1, -0.05) is 15.9 Å². The van der Waals surface area contributed by atoms with Crippen molar-refractivity contribution < 1.29 is 0 Å². The molecular formula is C10H10BrN. The molecule has 0 aliphatic carbocycles. The predicted octanol–water partition coefficient (Wildman–Crippen LogP) is 1.64. The molecule has 2 rings (SSSR count). The standard InChI is InChI=1S/C10H10BrN/c1-10(2)6-7-5-8(11)3-4-9(7)12-10/h3-6H,1-2H3. The Hall–Kier alpha value is -0.630. The highest BCUT2D eigenvalue weighted by Crippen LogP contribution is 2.12. The molecule has 12 heavy (non-hydrogen) atoms. The van der Waals surface area contributed by atoms with Gasteiger partial charge in [0.25, 0.3) is 0 Å². The van der Waals surface area contributed by atoms with E-state index in [2.05, 4.69) is 46.9 Å². The maximum Gasteiger partial charge on any atom is 0.0748 e. The molecule has 1 nitrogen and oxygen atoms in total. The van der Waals surface area contributed by atoms with Crippen LogP contribution in [-0.2, 0) is 0 Å². The molecule has 0 atom stereocenters. The predicted molar refractivity (Wildman–Crippen MR) is 53.5 cm³/mol. The van der Waals surface area contributed by atoms with Crippen molar-refractivity contribution in [1.29, 1.82) is 0 Å². The molecule has 0 saturated heterocycles. The van der Waals surface area contributed by atoms with E-state index in [1.54, 1.807) is 0 Å². The third kappa shape index (κ3) is 1.31. The molecule has 0 N–H and O–H groups in total. The van der Waals surface area contributed by atoms with Crippen LogP contribution < -0.4 is 10.6 Å². The highest BCUT2D eigenvalue weighted by Gasteiger charge is 2.15. The van der Waals surface area contributed by atoms with Gasteiger partial charge >= 0.3 is 0 Å². The molecule has 1 heterocycles. The fourth-order valence-corrected chi connectivity index (χ4v) is 1.84. The summed E-state index contributed by atoms with van der Waals surface area (Å²) in [5, 5.41) is 2.33. The lowest BCUT2D eigenvalue weighted by atomic mass is 10.1. The number of hydrogen-bond acceptors (Lipinski definition) is 1. The molecule has 2 heteroatoms. The van der Waals surface area contributed by atoms with Gasteiger partial charge in [-0.25, -0.2) is 0 Å². The molecule has 0 fully saturated rings. The number of rotatable bonds is 0. The largest absolute Gasteiger partial charge is 0.275 e. The van der Waals surface area contributed by atoms with E-state index in [-0.39, 0.29) is 5.54 Å². The second-order valence-electron chi connectivity index (χ2n) is 3.61. The summed E-state index contributed by atoms with van der Waals surface area (Å²) < 4.78 is 1.12. The molecule has 62 valence electrons. The summed E-state index contributed by atoms with van der Waals surface area (Å²) in [6.45, 7) is 4.22. The molecule has 1 aromatic rings. The second-order valence-corrected chi connectivity index (χ2v) is 4.53. The average molecular weight is 224 g/mol. The van der Waals surface area contributed by atoms with E-state index in [0.717, 1.165) is 9.83 Å². The summed E-state index contributed by atoms with van der Waals surface area (Å²) in [5.74, 6) is 0. The minimum absolute atomic E-state index is 0.0247. The van der Waals surface area contributed by atoms with Crippen LogP contribution in [0.4, 0.5) is 0 Å². The van der Waals surface area contributed by atoms with Gasteiger partial charge in [0.15, 0.2) is 0 Å². The Labute approximate surface area is 80.0 Å². The van der Waals surface area contributed by atoms with Gasteiger partial charge in [0.2, 0.25) is 0 Å². The van der Waals surface area contributed by atoms with E-state index in [1.807, 2.05) is 12.1 Å². The van der Waals surface area contributed by atoms with Crippen molar-refractivity contribution in [2.45, 2.75) is 19.4 Å². The summed E-state index contributed by atoms with van der Waals surface area (Å²) in [6, 6.07) is 6.18. The van der Waals surface area contributed by atoms with Crippen LogP contribution in [0.5, 0.6) is 0 Å². The van der Waals surface area contributed by atoms with Crippen molar-refractivity contribution in [2.75, 3.05) is 0 Å². The molecule has 0 aromatic heterocycles. The van der Waals surface area contributed by atoms with Crippen LogP contribution in [0.2, 0.25) is 0 Å². The van der Waals surface area contributed by atoms with Gasteiger partial charge in [0.05, 0.1) is 10.9 Å². The zero-order valence-electron chi connectivity index (χ0n) is 7.13. The van der Waals surface area contributed by atoms with Crippen LogP contribution in [0.25, 0.3) is 6.08 Å². The molecule has 1 aliphatic heterocycles. The summed E-state index contributed by atoms with van der Waals surface area (Å²) in [5.41, 5.74) is -0.0247. The third-order valence-electron chi connectivity index (χ3n) is 1.91. The van der Waals surface area contributed by atoms with Crippen molar-refractivity contribution in [3.63, 3.8) is 0 Å². The summed E-state index contributed by atoms with van der Waals surface area (Å²) >= 11 is 3.44. The van der Waals surface area contributed by atoms with Crippen molar-refractivity contribution in [2.24, 2.45) is 4.99 Å². The van der Waals surface area contributed by atoms with Crippen LogP contribution >= 0.6 is 15.9 Å². The number of benzene rings is 1. The van der Waals surface area contributed by atoms with E-state index >= 15 is 0 Å². The van der Waals surface area contributed by atoms with Crippen LogP contribution in [0.3, 0.4) is 0 Å². The van der Waals surface area contributed by atoms with E-state index in [9.17, 15) is 0 Å². The summed E-state index contributed by atoms with van der Waals surface area (Å²) in [4.78, 5) is 4.55. The highest BCUT2D eigenvalue weighted by molar-refractivity contribution is 9.10. The SMILES string of the molecule is CC1(C)C=c2cc(Br)ccc2=N1. The smallest absolute Gasteiger partial charge is 0.0748 e. The molecule has 0 spiro atoms. The number of hydrogen-bond donors (Lipinski definition) is 0. The van der Waals surface area contributed by atoms with Crippen molar-refractivity contribution in [3.8, 4) is 0 Å². The zero-order chi connectivity index (χ0) is 8.77. The van der Waals surface area contributed by atoms with Gasteiger partial charge < -0.3 is 0 Å². The van der Waals surface area contributed by atoms with Crippen LogP contribution in [-0.4, -0.2) is 5.54 Å². The Morgan fingerprint density at radius 1 is 1.33 bits per heavy atom. The maximum atomic E-state index is 4.55. The molecule has 1 aromatic carbocycles. The number of halogens is 1. The van der Waals surface area contributed by atoms with Crippen molar-refractivity contribution in [3.05, 3.63) is 33.2 Å². The molecule has 0 radical (unpaired) electrons. The molecule has 0 unspecified atom stereocenters. The lowest BCUT2D eigenvalue weighted by Gasteiger charge is -2.07. The second kappa shape index (κ2) is 2.43. The first kappa shape index (κ1) is 7.99. The van der Waals surface area contributed by atoms with Crippen molar-refractivity contribution in [1.82, 2.24) is 0 Å². The van der Waals surface area contributed by atoms with E-state index in [0.29, 0.717) is 0 Å². The highest BCUT2D eigenvalue weighted by atomic mass is 79.9. The van der Waals surface area contributed by atoms with E-state index in [4.69, 9.17) is 0 Å². The molecule has 0 amide bonds. The number of fused-ring (bicyclic) bond motifs is 1. The Morgan fingerprint density at radius 2 is 2.08 bits per heavy atom. The van der Waals surface area contributed by atoms with Gasteiger partial charge in [-0.05, 0) is 43.3 Å². The van der Waals surface area contributed by atoms with Gasteiger partial charge in [-0.2, -0.15) is 0 Å².